The predicted molar refractivity (Wildman–Crippen MR) is 121 cm³/mol. The van der Waals surface area contributed by atoms with Crippen LogP contribution in [0.1, 0.15) is 21.6 Å². The van der Waals surface area contributed by atoms with Crippen molar-refractivity contribution in [3.05, 3.63) is 51.2 Å². The number of aryl methyl sites for hydroxylation is 2. The lowest BCUT2D eigenvalue weighted by Crippen LogP contribution is -3.28. The third-order valence-corrected chi connectivity index (χ3v) is 7.14. The van der Waals surface area contributed by atoms with Crippen molar-refractivity contribution < 1.29 is 19.4 Å². The number of carbonyl (C=O) groups is 2. The number of hydrogen-bond donors (Lipinski definition) is 3. The van der Waals surface area contributed by atoms with Crippen LogP contribution in [0.4, 0.5) is 5.69 Å². The van der Waals surface area contributed by atoms with E-state index in [0.29, 0.717) is 19.6 Å². The zero-order valence-electron chi connectivity index (χ0n) is 18.5. The molecule has 1 aliphatic heterocycles. The van der Waals surface area contributed by atoms with Gasteiger partial charge in [0, 0.05) is 17.6 Å². The quantitative estimate of drug-likeness (QED) is 0.582. The van der Waals surface area contributed by atoms with Crippen LogP contribution in [-0.4, -0.2) is 63.0 Å². The first-order valence-electron chi connectivity index (χ1n) is 10.6. The highest BCUT2D eigenvalue weighted by molar-refractivity contribution is 7.10. The van der Waals surface area contributed by atoms with Gasteiger partial charge in [0.2, 0.25) is 0 Å². The van der Waals surface area contributed by atoms with E-state index in [2.05, 4.69) is 36.7 Å². The maximum Gasteiger partial charge on any atom is 0.279 e. The summed E-state index contributed by atoms with van der Waals surface area (Å²) in [6.45, 7) is 11.5. The lowest BCUT2D eigenvalue weighted by atomic mass is 10.1. The molecule has 0 saturated carbocycles. The molecule has 7 heteroatoms. The minimum absolute atomic E-state index is 0.0595. The third-order valence-electron chi connectivity index (χ3n) is 6.13. The number of rotatable bonds is 7. The number of anilines is 1. The van der Waals surface area contributed by atoms with Gasteiger partial charge in [-0.25, -0.2) is 0 Å². The van der Waals surface area contributed by atoms with Crippen LogP contribution in [0.25, 0.3) is 0 Å². The number of benzene rings is 1. The normalized spacial score (nSPS) is 18.8. The van der Waals surface area contributed by atoms with Crippen molar-refractivity contribution >= 4 is 28.8 Å². The second kappa shape index (κ2) is 10.2. The molecule has 6 nitrogen and oxygen atoms in total. The number of nitrogens with one attached hydrogen (secondary N) is 3. The van der Waals surface area contributed by atoms with E-state index in [-0.39, 0.29) is 11.8 Å². The van der Waals surface area contributed by atoms with Gasteiger partial charge in [0.05, 0.1) is 6.54 Å². The number of hydrogen-bond acceptors (Lipinski definition) is 3. The Morgan fingerprint density at radius 3 is 2.30 bits per heavy atom. The Morgan fingerprint density at radius 1 is 1.00 bits per heavy atom. The van der Waals surface area contributed by atoms with E-state index >= 15 is 0 Å². The first kappa shape index (κ1) is 22.5. The predicted octanol–water partition coefficient (Wildman–Crippen LogP) is 0.0539. The smallest absolute Gasteiger partial charge is 0.279 e. The number of amides is 2. The summed E-state index contributed by atoms with van der Waals surface area (Å²) in [5, 5.41) is 5.13. The van der Waals surface area contributed by atoms with Gasteiger partial charge in [0.25, 0.3) is 11.8 Å². The highest BCUT2D eigenvalue weighted by Gasteiger charge is 2.27. The van der Waals surface area contributed by atoms with Crippen LogP contribution in [0.2, 0.25) is 0 Å². The fourth-order valence-electron chi connectivity index (χ4n) is 3.84. The largest absolute Gasteiger partial charge is 0.336 e. The van der Waals surface area contributed by atoms with Gasteiger partial charge in [0.15, 0.2) is 13.1 Å². The molecule has 3 N–H and O–H groups in total. The summed E-state index contributed by atoms with van der Waals surface area (Å²) >= 11 is 1.71. The summed E-state index contributed by atoms with van der Waals surface area (Å²) in [4.78, 5) is 30.8. The molecule has 1 aromatic carbocycles. The van der Waals surface area contributed by atoms with Gasteiger partial charge in [-0.3, -0.25) is 9.59 Å². The van der Waals surface area contributed by atoms with Crippen LogP contribution in [0, 0.1) is 20.8 Å². The molecule has 1 fully saturated rings. The number of piperazine rings is 1. The minimum Gasteiger partial charge on any atom is -0.336 e. The number of likely N-dealkylation sites (N-methyl/N-ethyl adjacent to an activating group) is 1. The average Bonchev–Trinajstić information content (AvgIpc) is 3.11. The first-order chi connectivity index (χ1) is 14.3. The topological polar surface area (TPSA) is 58.3 Å². The molecule has 1 aromatic heterocycles. The monoisotopic (exact) mass is 430 g/mol. The Hall–Kier alpha value is -2.22. The second-order valence-corrected chi connectivity index (χ2v) is 9.43. The zero-order valence-corrected chi connectivity index (χ0v) is 19.3. The average molecular weight is 431 g/mol. The molecule has 30 heavy (non-hydrogen) atoms. The molecule has 0 radical (unpaired) electrons. The molecule has 1 saturated heterocycles. The summed E-state index contributed by atoms with van der Waals surface area (Å²) < 4.78 is 0. The zero-order chi connectivity index (χ0) is 21.7. The fourth-order valence-corrected chi connectivity index (χ4v) is 4.80. The Balaban J connectivity index is 1.41. The fraction of sp³-hybridized carbons (Fsp3) is 0.478. The van der Waals surface area contributed by atoms with Crippen LogP contribution in [0.5, 0.6) is 0 Å². The maximum absolute atomic E-state index is 12.6. The highest BCUT2D eigenvalue weighted by Crippen LogP contribution is 2.18. The van der Waals surface area contributed by atoms with E-state index in [9.17, 15) is 9.59 Å². The summed E-state index contributed by atoms with van der Waals surface area (Å²) in [5.74, 6) is 0.248. The van der Waals surface area contributed by atoms with Crippen molar-refractivity contribution in [1.29, 1.82) is 0 Å². The van der Waals surface area contributed by atoms with E-state index in [1.165, 1.54) is 25.8 Å². The summed E-state index contributed by atoms with van der Waals surface area (Å²) in [6.07, 6.45) is 0. The molecule has 0 bridgehead atoms. The summed E-state index contributed by atoms with van der Waals surface area (Å²) in [5.41, 5.74) is 4.46. The SMILES string of the molecule is Cc1ccsc1CN(C)C(=O)C[NH+]1CC[NH+](CC(=O)Nc2cccc(C)c2C)CC1. The maximum atomic E-state index is 12.6. The molecule has 2 aromatic rings. The molecular formula is C23H34N4O2S+2. The van der Waals surface area contributed by atoms with Crippen LogP contribution in [0.3, 0.4) is 0 Å². The van der Waals surface area contributed by atoms with Crippen molar-refractivity contribution in [3.8, 4) is 0 Å². The van der Waals surface area contributed by atoms with E-state index in [4.69, 9.17) is 0 Å². The van der Waals surface area contributed by atoms with Gasteiger partial charge >= 0.3 is 0 Å². The van der Waals surface area contributed by atoms with Gasteiger partial charge in [-0.2, -0.15) is 0 Å². The molecule has 0 spiro atoms. The minimum atomic E-state index is 0.0595. The Kier molecular flexibility index (Phi) is 7.64. The summed E-state index contributed by atoms with van der Waals surface area (Å²) in [7, 11) is 1.89. The van der Waals surface area contributed by atoms with Crippen molar-refractivity contribution in [2.75, 3.05) is 51.6 Å². The van der Waals surface area contributed by atoms with Crippen LogP contribution in [-0.2, 0) is 16.1 Å². The van der Waals surface area contributed by atoms with Crippen molar-refractivity contribution in [2.45, 2.75) is 27.3 Å². The highest BCUT2D eigenvalue weighted by atomic mass is 32.1. The van der Waals surface area contributed by atoms with Gasteiger partial charge in [-0.15, -0.1) is 11.3 Å². The van der Waals surface area contributed by atoms with E-state index < -0.39 is 0 Å². The van der Waals surface area contributed by atoms with Gasteiger partial charge in [-0.1, -0.05) is 12.1 Å². The third kappa shape index (κ3) is 5.90. The van der Waals surface area contributed by atoms with Crippen molar-refractivity contribution in [3.63, 3.8) is 0 Å². The van der Waals surface area contributed by atoms with E-state index in [1.54, 1.807) is 11.3 Å². The summed E-state index contributed by atoms with van der Waals surface area (Å²) in [6, 6.07) is 8.08. The number of quaternary nitrogens is 2. The van der Waals surface area contributed by atoms with E-state index in [1.807, 2.05) is 31.0 Å². The number of thiophene rings is 1. The van der Waals surface area contributed by atoms with Crippen molar-refractivity contribution in [2.24, 2.45) is 0 Å². The van der Waals surface area contributed by atoms with E-state index in [0.717, 1.165) is 37.4 Å². The second-order valence-electron chi connectivity index (χ2n) is 8.43. The number of nitrogens with zero attached hydrogens (tertiary/aromatic N) is 1. The lowest BCUT2D eigenvalue weighted by Gasteiger charge is -2.30. The molecule has 1 aliphatic rings. The van der Waals surface area contributed by atoms with Crippen molar-refractivity contribution in [1.82, 2.24) is 4.90 Å². The Bertz CT molecular complexity index is 887. The molecule has 0 aliphatic carbocycles. The van der Waals surface area contributed by atoms with Crippen LogP contribution < -0.4 is 15.1 Å². The molecule has 0 atom stereocenters. The van der Waals surface area contributed by atoms with Gasteiger partial charge < -0.3 is 20.0 Å². The van der Waals surface area contributed by atoms with Crippen LogP contribution >= 0.6 is 11.3 Å². The molecule has 3 rings (SSSR count). The van der Waals surface area contributed by atoms with Gasteiger partial charge in [0.1, 0.15) is 26.2 Å². The molecule has 0 unspecified atom stereocenters. The van der Waals surface area contributed by atoms with Gasteiger partial charge in [-0.05, 0) is 55.0 Å². The molecular weight excluding hydrogens is 396 g/mol. The standard InChI is InChI=1S/C23H32N4O2S/c1-17-6-5-7-20(19(17)3)24-22(28)15-26-9-11-27(12-10-26)16-23(29)25(4)14-21-18(2)8-13-30-21/h5-8,13H,9-12,14-16H2,1-4H3,(H,24,28)/p+2. The number of carbonyl (C=O) groups excluding carboxylic acids is 2. The Labute approximate surface area is 183 Å². The lowest BCUT2D eigenvalue weighted by molar-refractivity contribution is -1.00. The molecule has 162 valence electrons. The van der Waals surface area contributed by atoms with Crippen LogP contribution in [0.15, 0.2) is 29.6 Å². The molecule has 2 heterocycles. The Morgan fingerprint density at radius 2 is 1.67 bits per heavy atom. The first-order valence-corrected chi connectivity index (χ1v) is 11.5. The molecule has 2 amide bonds.